The van der Waals surface area contributed by atoms with Gasteiger partial charge in [-0.15, -0.1) is 0 Å². The first-order valence-corrected chi connectivity index (χ1v) is 9.26. The molecular formula is C20H28N2O2. The highest BCUT2D eigenvalue weighted by Crippen LogP contribution is 2.45. The number of para-hydroxylation sites is 1. The van der Waals surface area contributed by atoms with Gasteiger partial charge >= 0.3 is 0 Å². The Kier molecular flexibility index (Phi) is 3.56. The molecule has 0 aliphatic carbocycles. The highest BCUT2D eigenvalue weighted by molar-refractivity contribution is 5.96. The number of amides is 1. The van der Waals surface area contributed by atoms with Crippen LogP contribution in [0.25, 0.3) is 0 Å². The van der Waals surface area contributed by atoms with Crippen molar-refractivity contribution in [3.05, 3.63) is 35.0 Å². The summed E-state index contributed by atoms with van der Waals surface area (Å²) in [4.78, 5) is 15.0. The van der Waals surface area contributed by atoms with Gasteiger partial charge in [0.25, 0.3) is 0 Å². The fourth-order valence-corrected chi connectivity index (χ4v) is 5.31. The Labute approximate surface area is 144 Å². The second kappa shape index (κ2) is 5.30. The molecule has 4 rings (SSSR count). The molecule has 1 aromatic rings. The summed E-state index contributed by atoms with van der Waals surface area (Å²) in [6.07, 6.45) is 4.50. The van der Waals surface area contributed by atoms with Crippen molar-refractivity contribution in [1.82, 2.24) is 0 Å². The van der Waals surface area contributed by atoms with Gasteiger partial charge in [-0.2, -0.15) is 0 Å². The third kappa shape index (κ3) is 2.39. The zero-order chi connectivity index (χ0) is 17.1. The number of carbonyl (C=O) groups excluding carboxylic acids is 1. The third-order valence-corrected chi connectivity index (χ3v) is 6.74. The summed E-state index contributed by atoms with van der Waals surface area (Å²) in [5, 5.41) is 12.6. The van der Waals surface area contributed by atoms with Crippen LogP contribution in [0.3, 0.4) is 0 Å². The van der Waals surface area contributed by atoms with E-state index in [9.17, 15) is 10.0 Å². The van der Waals surface area contributed by atoms with Gasteiger partial charge in [0.2, 0.25) is 5.91 Å². The molecule has 0 N–H and O–H groups in total. The lowest BCUT2D eigenvalue weighted by Crippen LogP contribution is -2.53. The summed E-state index contributed by atoms with van der Waals surface area (Å²) < 4.78 is -0.0652. The summed E-state index contributed by atoms with van der Waals surface area (Å²) in [6.45, 7) is 5.18. The van der Waals surface area contributed by atoms with Crippen LogP contribution in [-0.4, -0.2) is 36.2 Å². The molecule has 4 heteroatoms. The highest BCUT2D eigenvalue weighted by atomic mass is 16.5. The minimum atomic E-state index is -0.0652. The van der Waals surface area contributed by atoms with Crippen molar-refractivity contribution in [2.24, 2.45) is 5.92 Å². The maximum absolute atomic E-state index is 13.0. The fourth-order valence-electron chi connectivity index (χ4n) is 5.31. The lowest BCUT2D eigenvalue weighted by atomic mass is 9.87. The average Bonchev–Trinajstić information content (AvgIpc) is 2.84. The largest absolute Gasteiger partial charge is 0.633 e. The summed E-state index contributed by atoms with van der Waals surface area (Å²) >= 11 is 0. The Bertz CT molecular complexity index is 651. The van der Waals surface area contributed by atoms with Gasteiger partial charge in [0.15, 0.2) is 0 Å². The smallest absolute Gasteiger partial charge is 0.227 e. The molecule has 1 amide bonds. The molecule has 0 saturated carbocycles. The van der Waals surface area contributed by atoms with Gasteiger partial charge in [-0.1, -0.05) is 32.0 Å². The molecule has 4 atom stereocenters. The molecule has 2 unspecified atom stereocenters. The predicted molar refractivity (Wildman–Crippen MR) is 95.5 cm³/mol. The molecule has 3 heterocycles. The number of anilines is 1. The maximum atomic E-state index is 13.0. The number of carbonyl (C=O) groups is 1. The Morgan fingerprint density at radius 2 is 1.88 bits per heavy atom. The molecule has 3 aliphatic rings. The second-order valence-corrected chi connectivity index (χ2v) is 8.87. The molecule has 1 aromatic carbocycles. The average molecular weight is 328 g/mol. The van der Waals surface area contributed by atoms with Crippen molar-refractivity contribution >= 4 is 11.6 Å². The summed E-state index contributed by atoms with van der Waals surface area (Å²) in [5.41, 5.74) is 2.36. The molecule has 2 fully saturated rings. The van der Waals surface area contributed by atoms with E-state index >= 15 is 0 Å². The number of rotatable bonds is 2. The number of fused-ring (bicyclic) bond motifs is 3. The van der Waals surface area contributed by atoms with Gasteiger partial charge in [-0.05, 0) is 17.5 Å². The first-order valence-electron chi connectivity index (χ1n) is 9.26. The van der Waals surface area contributed by atoms with E-state index in [0.717, 1.165) is 37.9 Å². The SMILES string of the molecule is CC1(C)CN(C(=O)CC2C[C@H]3CC[C@@H](C2)[N+]3(C)[O-])c2ccccc21. The van der Waals surface area contributed by atoms with Crippen LogP contribution in [0.5, 0.6) is 0 Å². The molecule has 0 radical (unpaired) electrons. The lowest BCUT2D eigenvalue weighted by Gasteiger charge is -2.50. The quantitative estimate of drug-likeness (QED) is 0.615. The van der Waals surface area contributed by atoms with E-state index in [2.05, 4.69) is 32.0 Å². The van der Waals surface area contributed by atoms with E-state index < -0.39 is 0 Å². The number of nitrogens with zero attached hydrogens (tertiary/aromatic N) is 2. The van der Waals surface area contributed by atoms with Gasteiger partial charge in [0, 0.05) is 49.8 Å². The number of hydrogen-bond acceptors (Lipinski definition) is 2. The molecule has 3 aliphatic heterocycles. The van der Waals surface area contributed by atoms with Crippen molar-refractivity contribution in [1.29, 1.82) is 0 Å². The van der Waals surface area contributed by atoms with Gasteiger partial charge in [0.05, 0.1) is 19.1 Å². The third-order valence-electron chi connectivity index (χ3n) is 6.74. The highest BCUT2D eigenvalue weighted by Gasteiger charge is 2.47. The number of hydroxylamine groups is 3. The zero-order valence-corrected chi connectivity index (χ0v) is 15.0. The van der Waals surface area contributed by atoms with Gasteiger partial charge < -0.3 is 14.8 Å². The van der Waals surface area contributed by atoms with Crippen LogP contribution in [-0.2, 0) is 10.2 Å². The first-order chi connectivity index (χ1) is 11.3. The van der Waals surface area contributed by atoms with E-state index in [1.807, 2.05) is 18.0 Å². The van der Waals surface area contributed by atoms with Crippen LogP contribution in [0.4, 0.5) is 5.69 Å². The van der Waals surface area contributed by atoms with Gasteiger partial charge in [-0.3, -0.25) is 4.79 Å². The number of quaternary nitrogens is 1. The van der Waals surface area contributed by atoms with E-state index in [1.54, 1.807) is 0 Å². The minimum absolute atomic E-state index is 0.0162. The summed E-state index contributed by atoms with van der Waals surface area (Å²) in [7, 11) is 1.83. The molecule has 0 spiro atoms. The van der Waals surface area contributed by atoms with Crippen LogP contribution in [0.15, 0.2) is 24.3 Å². The van der Waals surface area contributed by atoms with Crippen molar-refractivity contribution in [3.8, 4) is 0 Å². The molecule has 4 nitrogen and oxygen atoms in total. The van der Waals surface area contributed by atoms with Crippen molar-refractivity contribution in [2.75, 3.05) is 18.5 Å². The lowest BCUT2D eigenvalue weighted by molar-refractivity contribution is -0.903. The Morgan fingerprint density at radius 3 is 2.54 bits per heavy atom. The second-order valence-electron chi connectivity index (χ2n) is 8.87. The fraction of sp³-hybridized carbons (Fsp3) is 0.650. The molecule has 0 aromatic heterocycles. The van der Waals surface area contributed by atoms with E-state index in [-0.39, 0.29) is 28.1 Å². The van der Waals surface area contributed by atoms with Crippen LogP contribution in [0, 0.1) is 11.1 Å². The Hall–Kier alpha value is -1.39. The molecule has 24 heavy (non-hydrogen) atoms. The van der Waals surface area contributed by atoms with Gasteiger partial charge in [-0.25, -0.2) is 0 Å². The van der Waals surface area contributed by atoms with Crippen molar-refractivity contribution < 1.29 is 9.44 Å². The van der Waals surface area contributed by atoms with Crippen LogP contribution >= 0.6 is 0 Å². The Balaban J connectivity index is 1.49. The van der Waals surface area contributed by atoms with E-state index in [1.165, 1.54) is 5.56 Å². The number of hydrogen-bond donors (Lipinski definition) is 0. The molecule has 2 bridgehead atoms. The maximum Gasteiger partial charge on any atom is 0.227 e. The minimum Gasteiger partial charge on any atom is -0.633 e. The van der Waals surface area contributed by atoms with E-state index in [4.69, 9.17) is 0 Å². The molecule has 2 saturated heterocycles. The van der Waals surface area contributed by atoms with E-state index in [0.29, 0.717) is 12.3 Å². The number of benzene rings is 1. The van der Waals surface area contributed by atoms with Crippen molar-refractivity contribution in [3.63, 3.8) is 0 Å². The normalized spacial score (nSPS) is 36.7. The number of piperidine rings is 1. The topological polar surface area (TPSA) is 43.4 Å². The van der Waals surface area contributed by atoms with Crippen molar-refractivity contribution in [2.45, 2.75) is 63.5 Å². The monoisotopic (exact) mass is 328 g/mol. The van der Waals surface area contributed by atoms with Crippen LogP contribution < -0.4 is 4.90 Å². The predicted octanol–water partition coefficient (Wildman–Crippen LogP) is 3.59. The summed E-state index contributed by atoms with van der Waals surface area (Å²) in [5.74, 6) is 0.616. The van der Waals surface area contributed by atoms with Crippen LogP contribution in [0.2, 0.25) is 0 Å². The van der Waals surface area contributed by atoms with Gasteiger partial charge in [0.1, 0.15) is 0 Å². The molecule has 130 valence electrons. The zero-order valence-electron chi connectivity index (χ0n) is 15.0. The summed E-state index contributed by atoms with van der Waals surface area (Å²) in [6, 6.07) is 8.71. The standard InChI is InChI=1S/C20H28N2O2/c1-20(2)13-21(18-7-5-4-6-17(18)20)19(23)12-14-10-15-8-9-16(11-14)22(15,3)24/h4-7,14-16H,8-13H2,1-3H3/t14?,15-,16+,22?. The van der Waals surface area contributed by atoms with Crippen LogP contribution in [0.1, 0.15) is 51.5 Å². The Morgan fingerprint density at radius 1 is 1.25 bits per heavy atom. The molecular weight excluding hydrogens is 300 g/mol. The first kappa shape index (κ1) is 16.1.